The summed E-state index contributed by atoms with van der Waals surface area (Å²) in [4.78, 5) is 7.68. The van der Waals surface area contributed by atoms with Crippen LogP contribution in [0.2, 0.25) is 0 Å². The summed E-state index contributed by atoms with van der Waals surface area (Å²) in [6.07, 6.45) is 0. The number of fused-ring (bicyclic) bond motifs is 6. The van der Waals surface area contributed by atoms with Crippen molar-refractivity contribution in [2.45, 2.75) is 0 Å². The largest absolute Gasteiger partial charge is 0.318 e. The average Bonchev–Trinajstić information content (AvgIpc) is 3.69. The fourth-order valence-corrected chi connectivity index (χ4v) is 7.35. The molecule has 0 amide bonds. The van der Waals surface area contributed by atoms with Gasteiger partial charge < -0.3 is 9.13 Å². The molecule has 0 N–H and O–H groups in total. The van der Waals surface area contributed by atoms with Crippen molar-refractivity contribution in [1.82, 2.24) is 9.13 Å². The zero-order chi connectivity index (χ0) is 33.8. The summed E-state index contributed by atoms with van der Waals surface area (Å²) in [5.74, 6) is 0. The van der Waals surface area contributed by atoms with Gasteiger partial charge in [0.2, 0.25) is 5.69 Å². The van der Waals surface area contributed by atoms with Gasteiger partial charge in [-0.3, -0.25) is 0 Å². The lowest BCUT2D eigenvalue weighted by Crippen LogP contribution is -1.98. The minimum absolute atomic E-state index is 0.568. The molecule has 0 radical (unpaired) electrons. The van der Waals surface area contributed by atoms with E-state index in [0.29, 0.717) is 16.9 Å². The number of benzene rings is 7. The van der Waals surface area contributed by atoms with Crippen LogP contribution in [0.5, 0.6) is 0 Å². The van der Waals surface area contributed by atoms with Gasteiger partial charge in [-0.2, -0.15) is 5.26 Å². The third kappa shape index (κ3) is 4.38. The normalized spacial score (nSPS) is 11.1. The number of hydrogen-bond donors (Lipinski definition) is 0. The number of aromatic nitrogens is 2. The monoisotopic (exact) mass is 635 g/mol. The highest BCUT2D eigenvalue weighted by Crippen LogP contribution is 2.42. The second kappa shape index (κ2) is 11.4. The second-order valence-corrected chi connectivity index (χ2v) is 12.3. The molecular weight excluding hydrogens is 611 g/mol. The molecule has 0 aliphatic heterocycles. The van der Waals surface area contributed by atoms with Crippen LogP contribution in [0.1, 0.15) is 5.56 Å². The summed E-state index contributed by atoms with van der Waals surface area (Å²) in [6.45, 7) is 15.7. The van der Waals surface area contributed by atoms with E-state index in [1.54, 1.807) is 0 Å². The Morgan fingerprint density at radius 2 is 1.16 bits per heavy atom. The van der Waals surface area contributed by atoms with E-state index in [9.17, 15) is 5.26 Å². The maximum atomic E-state index is 9.57. The number of nitriles is 1. The Balaban J connectivity index is 1.18. The highest BCUT2D eigenvalue weighted by atomic mass is 15.0. The van der Waals surface area contributed by atoms with Crippen molar-refractivity contribution in [1.29, 1.82) is 5.26 Å². The highest BCUT2D eigenvalue weighted by molar-refractivity contribution is 6.11. The molecule has 0 spiro atoms. The number of rotatable bonds is 4. The summed E-state index contributed by atoms with van der Waals surface area (Å²) in [7, 11) is 0. The molecule has 5 nitrogen and oxygen atoms in total. The van der Waals surface area contributed by atoms with Crippen molar-refractivity contribution in [3.8, 4) is 39.7 Å². The lowest BCUT2D eigenvalue weighted by atomic mass is 9.97. The van der Waals surface area contributed by atoms with Gasteiger partial charge in [0.25, 0.3) is 0 Å². The number of para-hydroxylation sites is 3. The Morgan fingerprint density at radius 3 is 1.88 bits per heavy atom. The average molecular weight is 636 g/mol. The summed E-state index contributed by atoms with van der Waals surface area (Å²) >= 11 is 0. The van der Waals surface area contributed by atoms with Gasteiger partial charge in [0, 0.05) is 32.7 Å². The molecule has 7 aromatic carbocycles. The molecule has 5 heteroatoms. The predicted molar refractivity (Wildman–Crippen MR) is 203 cm³/mol. The van der Waals surface area contributed by atoms with E-state index in [4.69, 9.17) is 13.1 Å². The lowest BCUT2D eigenvalue weighted by molar-refractivity contribution is 1.18. The Bertz CT molecular complexity index is 2900. The third-order valence-electron chi connectivity index (χ3n) is 9.58. The van der Waals surface area contributed by atoms with Gasteiger partial charge in [-0.05, 0) is 76.9 Å². The van der Waals surface area contributed by atoms with Crippen LogP contribution in [-0.4, -0.2) is 9.13 Å². The van der Waals surface area contributed by atoms with Gasteiger partial charge in [-0.15, -0.1) is 0 Å². The summed E-state index contributed by atoms with van der Waals surface area (Å²) < 4.78 is 4.40. The van der Waals surface area contributed by atoms with Crippen LogP contribution in [0.4, 0.5) is 11.4 Å². The summed E-state index contributed by atoms with van der Waals surface area (Å²) in [5.41, 5.74) is 11.8. The highest BCUT2D eigenvalue weighted by Gasteiger charge is 2.19. The Hall–Kier alpha value is -7.39. The minimum atomic E-state index is 0.568. The van der Waals surface area contributed by atoms with E-state index in [2.05, 4.69) is 128 Å². The van der Waals surface area contributed by atoms with Crippen molar-refractivity contribution in [2.24, 2.45) is 0 Å². The van der Waals surface area contributed by atoms with Crippen LogP contribution < -0.4 is 0 Å². The van der Waals surface area contributed by atoms with Gasteiger partial charge >= 0.3 is 0 Å². The Labute approximate surface area is 288 Å². The smallest absolute Gasteiger partial charge is 0.211 e. The molecule has 0 saturated carbocycles. The second-order valence-electron chi connectivity index (χ2n) is 12.3. The molecular formula is C45H25N5. The van der Waals surface area contributed by atoms with Gasteiger partial charge in [-0.25, -0.2) is 9.69 Å². The van der Waals surface area contributed by atoms with Gasteiger partial charge in [-0.1, -0.05) is 97.1 Å². The first-order valence-electron chi connectivity index (χ1n) is 16.2. The lowest BCUT2D eigenvalue weighted by Gasteiger charge is -2.17. The van der Waals surface area contributed by atoms with Crippen LogP contribution >= 0.6 is 0 Å². The van der Waals surface area contributed by atoms with Crippen LogP contribution in [-0.2, 0) is 0 Å². The number of nitrogens with zero attached hydrogens (tertiary/aromatic N) is 5. The van der Waals surface area contributed by atoms with Crippen LogP contribution in [0, 0.1) is 24.5 Å². The van der Waals surface area contributed by atoms with E-state index in [-0.39, 0.29) is 0 Å². The molecule has 0 saturated heterocycles. The van der Waals surface area contributed by atoms with E-state index in [1.165, 1.54) is 0 Å². The molecule has 9 aromatic rings. The van der Waals surface area contributed by atoms with Crippen molar-refractivity contribution >= 4 is 55.0 Å². The first kappa shape index (κ1) is 28.8. The van der Waals surface area contributed by atoms with Gasteiger partial charge in [0.15, 0.2) is 5.69 Å². The molecule has 0 unspecified atom stereocenters. The fourth-order valence-electron chi connectivity index (χ4n) is 7.35. The number of hydrogen-bond acceptors (Lipinski definition) is 1. The molecule has 2 aromatic heterocycles. The molecule has 0 aliphatic rings. The molecule has 0 atom stereocenters. The first-order valence-corrected chi connectivity index (χ1v) is 16.2. The standard InChI is InChI=1S/C45H25N5/c1-47-33-20-23-38-39-25-29(28-46)17-24-43(39)49(44(38)27-33)34-21-18-30(19-22-34)31-9-7-10-32(26-31)35-13-8-14-40(48-2)45(35)50-41-15-5-3-11-36(41)37-12-4-6-16-42(37)50/h3-27H. The minimum Gasteiger partial charge on any atom is -0.318 e. The fraction of sp³-hybridized carbons (Fsp3) is 0. The molecule has 0 bridgehead atoms. The van der Waals surface area contributed by atoms with Crippen LogP contribution in [0.3, 0.4) is 0 Å². The van der Waals surface area contributed by atoms with Crippen molar-refractivity contribution in [3.05, 3.63) is 180 Å². The topological polar surface area (TPSA) is 42.4 Å². The third-order valence-corrected chi connectivity index (χ3v) is 9.58. The molecule has 230 valence electrons. The summed E-state index contributed by atoms with van der Waals surface area (Å²) in [5, 5.41) is 13.9. The quantitative estimate of drug-likeness (QED) is 0.177. The van der Waals surface area contributed by atoms with Crippen LogP contribution in [0.25, 0.3) is 86.9 Å². The first-order chi connectivity index (χ1) is 24.7. The van der Waals surface area contributed by atoms with Crippen LogP contribution in [0.15, 0.2) is 152 Å². The molecule has 0 aliphatic carbocycles. The maximum absolute atomic E-state index is 9.57. The van der Waals surface area contributed by atoms with E-state index in [0.717, 1.165) is 77.2 Å². The van der Waals surface area contributed by atoms with E-state index >= 15 is 0 Å². The molecule has 2 heterocycles. The molecule has 50 heavy (non-hydrogen) atoms. The van der Waals surface area contributed by atoms with E-state index in [1.807, 2.05) is 48.5 Å². The molecule has 0 fully saturated rings. The molecule has 9 rings (SSSR count). The zero-order valence-electron chi connectivity index (χ0n) is 26.7. The Kier molecular flexibility index (Phi) is 6.56. The predicted octanol–water partition coefficient (Wildman–Crippen LogP) is 12.2. The van der Waals surface area contributed by atoms with Gasteiger partial charge in [0.1, 0.15) is 0 Å². The maximum Gasteiger partial charge on any atom is 0.211 e. The summed E-state index contributed by atoms with van der Waals surface area (Å²) in [6, 6.07) is 53.4. The van der Waals surface area contributed by atoms with Crippen molar-refractivity contribution in [2.75, 3.05) is 0 Å². The zero-order valence-corrected chi connectivity index (χ0v) is 26.7. The van der Waals surface area contributed by atoms with Gasteiger partial charge in [0.05, 0.1) is 47.0 Å². The van der Waals surface area contributed by atoms with E-state index < -0.39 is 0 Å². The SMILES string of the molecule is [C-]#[N+]c1ccc2c3cc(C#N)ccc3n(-c3ccc(-c4cccc(-c5cccc([N+]#[C-])c5-n5c6ccccc6c6ccccc65)c4)cc3)c2c1. The van der Waals surface area contributed by atoms with Crippen molar-refractivity contribution < 1.29 is 0 Å². The van der Waals surface area contributed by atoms with Crippen molar-refractivity contribution in [3.63, 3.8) is 0 Å². The Morgan fingerprint density at radius 1 is 0.480 bits per heavy atom.